The van der Waals surface area contributed by atoms with Crippen molar-refractivity contribution in [3.8, 4) is 0 Å². The first-order valence-electron chi connectivity index (χ1n) is 8.32. The van der Waals surface area contributed by atoms with Crippen molar-refractivity contribution in [2.24, 2.45) is 5.92 Å². The van der Waals surface area contributed by atoms with E-state index in [1.54, 1.807) is 6.08 Å². The smallest absolute Gasteiger partial charge is 0.410 e. The topological polar surface area (TPSA) is 49.9 Å². The summed E-state index contributed by atoms with van der Waals surface area (Å²) in [4.78, 5) is 27.8. The Kier molecular flexibility index (Phi) is 5.48. The van der Waals surface area contributed by atoms with Gasteiger partial charge in [-0.05, 0) is 18.8 Å². The van der Waals surface area contributed by atoms with E-state index >= 15 is 0 Å². The molecule has 2 fully saturated rings. The molecular formula is C17H28N2O3. The maximum atomic E-state index is 12.0. The molecule has 2 rings (SSSR count). The fraction of sp³-hybridized carbons (Fsp3) is 0.765. The second kappa shape index (κ2) is 7.16. The highest BCUT2D eigenvalue weighted by Crippen LogP contribution is 2.33. The van der Waals surface area contributed by atoms with E-state index in [0.29, 0.717) is 32.0 Å². The minimum atomic E-state index is -0.372. The normalized spacial score (nSPS) is 20.6. The Hall–Kier alpha value is -1.52. The maximum Gasteiger partial charge on any atom is 0.410 e. The highest BCUT2D eigenvalue weighted by molar-refractivity contribution is 5.76. The molecule has 0 aromatic heterocycles. The van der Waals surface area contributed by atoms with Crippen molar-refractivity contribution in [3.63, 3.8) is 0 Å². The van der Waals surface area contributed by atoms with Crippen LogP contribution in [0.2, 0.25) is 0 Å². The van der Waals surface area contributed by atoms with Crippen LogP contribution in [0.25, 0.3) is 0 Å². The number of carbonyl (C=O) groups excluding carboxylic acids is 2. The average Bonchev–Trinajstić information content (AvgIpc) is 2.79. The van der Waals surface area contributed by atoms with Crippen LogP contribution in [0.3, 0.4) is 0 Å². The third-order valence-corrected chi connectivity index (χ3v) is 4.61. The van der Waals surface area contributed by atoms with Gasteiger partial charge in [0.15, 0.2) is 0 Å². The van der Waals surface area contributed by atoms with Gasteiger partial charge in [-0.3, -0.25) is 4.79 Å². The summed E-state index contributed by atoms with van der Waals surface area (Å²) in [5, 5.41) is 0. The largest absolute Gasteiger partial charge is 0.441 e. The molecule has 0 saturated carbocycles. The van der Waals surface area contributed by atoms with Crippen LogP contribution in [0, 0.1) is 5.92 Å². The van der Waals surface area contributed by atoms with Crippen LogP contribution in [0.1, 0.15) is 46.0 Å². The van der Waals surface area contributed by atoms with E-state index in [4.69, 9.17) is 4.74 Å². The fourth-order valence-corrected chi connectivity index (χ4v) is 3.09. The molecule has 0 aromatic carbocycles. The number of amides is 2. The summed E-state index contributed by atoms with van der Waals surface area (Å²) in [5.41, 5.74) is -0.372. The molecular weight excluding hydrogens is 280 g/mol. The van der Waals surface area contributed by atoms with Crippen LogP contribution < -0.4 is 0 Å². The number of carbonyl (C=O) groups is 2. The fourth-order valence-electron chi connectivity index (χ4n) is 3.09. The Morgan fingerprint density at radius 1 is 1.41 bits per heavy atom. The summed E-state index contributed by atoms with van der Waals surface area (Å²) in [6.45, 7) is 10.8. The molecule has 0 bridgehead atoms. The third kappa shape index (κ3) is 4.02. The molecule has 2 aliphatic rings. The summed E-state index contributed by atoms with van der Waals surface area (Å²) in [6, 6.07) is 0. The number of nitrogens with zero attached hydrogens (tertiary/aromatic N) is 2. The van der Waals surface area contributed by atoms with Crippen molar-refractivity contribution in [3.05, 3.63) is 12.7 Å². The van der Waals surface area contributed by atoms with E-state index in [1.165, 1.54) is 0 Å². The maximum absolute atomic E-state index is 12.0. The molecule has 0 atom stereocenters. The Morgan fingerprint density at radius 2 is 2.09 bits per heavy atom. The second-order valence-corrected chi connectivity index (χ2v) is 6.86. The number of hydrogen-bond donors (Lipinski definition) is 0. The van der Waals surface area contributed by atoms with Crippen molar-refractivity contribution < 1.29 is 14.3 Å². The predicted octanol–water partition coefficient (Wildman–Crippen LogP) is 2.81. The van der Waals surface area contributed by atoms with Gasteiger partial charge in [0.2, 0.25) is 5.91 Å². The van der Waals surface area contributed by atoms with Crippen molar-refractivity contribution in [1.82, 2.24) is 9.80 Å². The van der Waals surface area contributed by atoms with E-state index in [-0.39, 0.29) is 17.6 Å². The minimum absolute atomic E-state index is 0.177. The van der Waals surface area contributed by atoms with E-state index in [0.717, 1.165) is 32.2 Å². The number of rotatable bonds is 6. The highest BCUT2D eigenvalue weighted by Gasteiger charge is 2.47. The zero-order valence-corrected chi connectivity index (χ0v) is 13.8. The standard InChI is InChI=1S/C17H28N2O3/c1-4-5-6-15(20)18-11-8-17(9-12-18)13-19(16(21)22-17)10-7-14(2)3/h4,14H,1,5-13H2,2-3H3. The van der Waals surface area contributed by atoms with Crippen molar-refractivity contribution in [2.75, 3.05) is 26.2 Å². The molecule has 0 aliphatic carbocycles. The lowest BCUT2D eigenvalue weighted by Crippen LogP contribution is -2.48. The third-order valence-electron chi connectivity index (χ3n) is 4.61. The highest BCUT2D eigenvalue weighted by atomic mass is 16.6. The zero-order chi connectivity index (χ0) is 16.2. The average molecular weight is 308 g/mol. The molecule has 0 radical (unpaired) electrons. The van der Waals surface area contributed by atoms with Crippen LogP contribution in [0.5, 0.6) is 0 Å². The van der Waals surface area contributed by atoms with Gasteiger partial charge in [-0.2, -0.15) is 0 Å². The van der Waals surface area contributed by atoms with Crippen LogP contribution in [0.15, 0.2) is 12.7 Å². The monoisotopic (exact) mass is 308 g/mol. The van der Waals surface area contributed by atoms with Gasteiger partial charge in [0.25, 0.3) is 0 Å². The lowest BCUT2D eigenvalue weighted by molar-refractivity contribution is -0.134. The lowest BCUT2D eigenvalue weighted by Gasteiger charge is -2.37. The number of hydrogen-bond acceptors (Lipinski definition) is 3. The summed E-state index contributed by atoms with van der Waals surface area (Å²) in [7, 11) is 0. The Labute approximate surface area is 133 Å². The molecule has 5 nitrogen and oxygen atoms in total. The van der Waals surface area contributed by atoms with Gasteiger partial charge in [-0.15, -0.1) is 6.58 Å². The Bertz CT molecular complexity index is 426. The van der Waals surface area contributed by atoms with Gasteiger partial charge >= 0.3 is 6.09 Å². The van der Waals surface area contributed by atoms with Crippen LogP contribution in [-0.2, 0) is 9.53 Å². The summed E-state index contributed by atoms with van der Waals surface area (Å²) in [6.07, 6.45) is 5.32. The van der Waals surface area contributed by atoms with Gasteiger partial charge in [-0.25, -0.2) is 4.79 Å². The van der Waals surface area contributed by atoms with Gasteiger partial charge < -0.3 is 14.5 Å². The molecule has 0 aromatic rings. The first-order chi connectivity index (χ1) is 10.5. The lowest BCUT2D eigenvalue weighted by atomic mass is 9.91. The molecule has 2 aliphatic heterocycles. The molecule has 22 heavy (non-hydrogen) atoms. The van der Waals surface area contributed by atoms with Gasteiger partial charge in [-0.1, -0.05) is 19.9 Å². The van der Waals surface area contributed by atoms with Gasteiger partial charge in [0, 0.05) is 38.9 Å². The minimum Gasteiger partial charge on any atom is -0.441 e. The first kappa shape index (κ1) is 16.8. The quantitative estimate of drug-likeness (QED) is 0.709. The molecule has 0 N–H and O–H groups in total. The zero-order valence-electron chi connectivity index (χ0n) is 13.8. The molecule has 1 spiro atoms. The van der Waals surface area contributed by atoms with Crippen LogP contribution in [-0.4, -0.2) is 53.6 Å². The molecule has 2 amide bonds. The SMILES string of the molecule is C=CCCC(=O)N1CCC2(CC1)CN(CCC(C)C)C(=O)O2. The Morgan fingerprint density at radius 3 is 2.68 bits per heavy atom. The molecule has 124 valence electrons. The van der Waals surface area contributed by atoms with Crippen LogP contribution in [0.4, 0.5) is 4.79 Å². The second-order valence-electron chi connectivity index (χ2n) is 6.86. The number of likely N-dealkylation sites (tertiary alicyclic amines) is 1. The number of ether oxygens (including phenoxy) is 1. The van der Waals surface area contributed by atoms with Gasteiger partial charge in [0.1, 0.15) is 5.60 Å². The number of allylic oxidation sites excluding steroid dienone is 1. The summed E-state index contributed by atoms with van der Waals surface area (Å²) in [5.74, 6) is 0.754. The molecule has 0 unspecified atom stereocenters. The van der Waals surface area contributed by atoms with Gasteiger partial charge in [0.05, 0.1) is 6.54 Å². The van der Waals surface area contributed by atoms with Crippen molar-refractivity contribution >= 4 is 12.0 Å². The van der Waals surface area contributed by atoms with E-state index in [1.807, 2.05) is 9.80 Å². The van der Waals surface area contributed by atoms with Crippen molar-refractivity contribution in [2.45, 2.75) is 51.6 Å². The molecule has 2 saturated heterocycles. The van der Waals surface area contributed by atoms with E-state index in [9.17, 15) is 9.59 Å². The van der Waals surface area contributed by atoms with E-state index in [2.05, 4.69) is 20.4 Å². The van der Waals surface area contributed by atoms with Crippen LogP contribution >= 0.6 is 0 Å². The summed E-state index contributed by atoms with van der Waals surface area (Å²) < 4.78 is 5.68. The van der Waals surface area contributed by atoms with E-state index < -0.39 is 0 Å². The molecule has 5 heteroatoms. The Balaban J connectivity index is 1.84. The molecule has 2 heterocycles. The predicted molar refractivity (Wildman–Crippen MR) is 85.5 cm³/mol. The summed E-state index contributed by atoms with van der Waals surface area (Å²) >= 11 is 0. The van der Waals surface area contributed by atoms with Crippen molar-refractivity contribution in [1.29, 1.82) is 0 Å². The first-order valence-corrected chi connectivity index (χ1v) is 8.32. The number of piperidine rings is 1.